The molecule has 16 heteroatoms. The number of allylic oxidation sites excluding steroid dienone is 8. The molecule has 4 atom stereocenters. The number of ether oxygens (including phenoxy) is 2. The number of rotatable bonds is 45. The standard InChI is InChI=1S/C48H88O14P2/c1-43(2)35-31-27-23-19-15-11-7-4-5-9-13-17-21-25-29-33-37-47(51)58-41-46(42-61-64(56,57)60-40-45(50)39-59-63(53,54)55)62-48(52)38-34-30-26-22-18-14-10-6-8-12-16-20-24-28-32-36-44(3)49/h8,10,12,14,20,22,24,26,43-46,49-50H,4-7,9,11,13,15-19,21,23,25,27-42H2,1-3H3,(H,56,57)(H2,53,54,55)/b12-8-,14-10-,24-20-,26-22-/t44-,45-,46+/m0/s1. The summed E-state index contributed by atoms with van der Waals surface area (Å²) < 4.78 is 47.8. The third-order valence-electron chi connectivity index (χ3n) is 10.2. The molecular weight excluding hydrogens is 862 g/mol. The van der Waals surface area contributed by atoms with Crippen LogP contribution >= 0.6 is 15.6 Å². The maximum Gasteiger partial charge on any atom is 0.472 e. The van der Waals surface area contributed by atoms with Crippen LogP contribution in [-0.4, -0.2) is 81.6 Å². The van der Waals surface area contributed by atoms with Gasteiger partial charge in [0.1, 0.15) is 12.7 Å². The molecule has 0 saturated carbocycles. The molecule has 0 spiro atoms. The summed E-state index contributed by atoms with van der Waals surface area (Å²) in [5.74, 6) is -0.289. The summed E-state index contributed by atoms with van der Waals surface area (Å²) in [6.07, 6.45) is 41.0. The van der Waals surface area contributed by atoms with E-state index >= 15 is 0 Å². The SMILES string of the molecule is CC(C)CCCCCCCCCCCCCCCCCCC(=O)OC[C@H](COP(=O)(O)OC[C@@H](O)COP(=O)(O)O)OC(=O)CCC/C=C\C/C=C\C/C=C\C/C=C\CCC[C@H](C)O. The molecule has 14 nitrogen and oxygen atoms in total. The lowest BCUT2D eigenvalue weighted by molar-refractivity contribution is -0.161. The number of phosphoric acid groups is 2. The first-order valence-electron chi connectivity index (χ1n) is 24.2. The summed E-state index contributed by atoms with van der Waals surface area (Å²) in [4.78, 5) is 52.8. The Bertz CT molecular complexity index is 1340. The molecule has 0 heterocycles. The van der Waals surface area contributed by atoms with Gasteiger partial charge in [-0.3, -0.25) is 23.2 Å². The summed E-state index contributed by atoms with van der Waals surface area (Å²) in [5, 5.41) is 19.0. The molecular formula is C48H88O14P2. The molecule has 374 valence electrons. The van der Waals surface area contributed by atoms with Crippen molar-refractivity contribution in [3.63, 3.8) is 0 Å². The Morgan fingerprint density at radius 1 is 0.484 bits per heavy atom. The summed E-state index contributed by atoms with van der Waals surface area (Å²) in [6.45, 7) is 3.61. The lowest BCUT2D eigenvalue weighted by atomic mass is 10.0. The van der Waals surface area contributed by atoms with Crippen molar-refractivity contribution in [1.29, 1.82) is 0 Å². The first-order chi connectivity index (χ1) is 30.6. The minimum absolute atomic E-state index is 0.0440. The zero-order valence-electron chi connectivity index (χ0n) is 39.7. The Kier molecular flexibility index (Phi) is 41.1. The molecule has 0 aromatic rings. The number of aliphatic hydroxyl groups excluding tert-OH is 2. The second-order valence-corrected chi connectivity index (χ2v) is 19.8. The van der Waals surface area contributed by atoms with Gasteiger partial charge in [0.05, 0.1) is 25.9 Å². The molecule has 0 rings (SSSR count). The monoisotopic (exact) mass is 951 g/mol. The molecule has 0 aromatic carbocycles. The molecule has 64 heavy (non-hydrogen) atoms. The third kappa shape index (κ3) is 48.0. The Labute approximate surface area is 386 Å². The highest BCUT2D eigenvalue weighted by molar-refractivity contribution is 7.47. The fraction of sp³-hybridized carbons (Fsp3) is 0.792. The smallest absolute Gasteiger partial charge is 0.462 e. The summed E-state index contributed by atoms with van der Waals surface area (Å²) in [5.41, 5.74) is 0. The first kappa shape index (κ1) is 62.0. The maximum absolute atomic E-state index is 12.7. The van der Waals surface area contributed by atoms with Gasteiger partial charge in [0.2, 0.25) is 0 Å². The predicted molar refractivity (Wildman–Crippen MR) is 254 cm³/mol. The average Bonchev–Trinajstić information content (AvgIpc) is 3.23. The van der Waals surface area contributed by atoms with E-state index in [1.54, 1.807) is 6.92 Å². The highest BCUT2D eigenvalue weighted by Crippen LogP contribution is 2.43. The van der Waals surface area contributed by atoms with Gasteiger partial charge < -0.3 is 34.4 Å². The van der Waals surface area contributed by atoms with Gasteiger partial charge >= 0.3 is 27.6 Å². The molecule has 0 aliphatic heterocycles. The second-order valence-electron chi connectivity index (χ2n) is 17.1. The second kappa shape index (κ2) is 42.4. The molecule has 0 fully saturated rings. The number of aliphatic hydroxyl groups is 2. The van der Waals surface area contributed by atoms with E-state index in [0.717, 1.165) is 63.7 Å². The normalized spacial score (nSPS) is 14.9. The van der Waals surface area contributed by atoms with Crippen LogP contribution in [0.1, 0.15) is 194 Å². The van der Waals surface area contributed by atoms with Crippen LogP contribution in [0, 0.1) is 5.92 Å². The molecule has 0 radical (unpaired) electrons. The lowest BCUT2D eigenvalue weighted by Gasteiger charge is -2.20. The Balaban J connectivity index is 4.51. The van der Waals surface area contributed by atoms with E-state index in [0.29, 0.717) is 19.3 Å². The topological polar surface area (TPSA) is 216 Å². The van der Waals surface area contributed by atoms with Crippen LogP contribution in [0.4, 0.5) is 0 Å². The van der Waals surface area contributed by atoms with E-state index in [4.69, 9.17) is 23.8 Å². The van der Waals surface area contributed by atoms with Crippen LogP contribution in [0.3, 0.4) is 0 Å². The Hall–Kier alpha value is -1.96. The van der Waals surface area contributed by atoms with Crippen LogP contribution in [0.2, 0.25) is 0 Å². The molecule has 0 saturated heterocycles. The van der Waals surface area contributed by atoms with Crippen molar-refractivity contribution >= 4 is 27.6 Å². The molecule has 0 aliphatic carbocycles. The van der Waals surface area contributed by atoms with Gasteiger partial charge in [-0.05, 0) is 70.6 Å². The molecule has 0 amide bonds. The van der Waals surface area contributed by atoms with Crippen molar-refractivity contribution in [3.8, 4) is 0 Å². The van der Waals surface area contributed by atoms with Crippen LogP contribution in [0.5, 0.6) is 0 Å². The van der Waals surface area contributed by atoms with Crippen LogP contribution in [-0.2, 0) is 41.8 Å². The van der Waals surface area contributed by atoms with Crippen molar-refractivity contribution in [2.24, 2.45) is 5.92 Å². The van der Waals surface area contributed by atoms with Gasteiger partial charge in [0, 0.05) is 12.8 Å². The highest BCUT2D eigenvalue weighted by Gasteiger charge is 2.28. The van der Waals surface area contributed by atoms with Crippen molar-refractivity contribution in [3.05, 3.63) is 48.6 Å². The van der Waals surface area contributed by atoms with E-state index in [1.165, 1.54) is 83.5 Å². The molecule has 0 aliphatic rings. The fourth-order valence-electron chi connectivity index (χ4n) is 6.49. The zero-order valence-corrected chi connectivity index (χ0v) is 41.4. The number of phosphoric ester groups is 2. The van der Waals surface area contributed by atoms with E-state index in [-0.39, 0.29) is 18.9 Å². The van der Waals surface area contributed by atoms with Gasteiger partial charge in [0.15, 0.2) is 6.10 Å². The van der Waals surface area contributed by atoms with Gasteiger partial charge in [-0.1, -0.05) is 165 Å². The Morgan fingerprint density at radius 3 is 1.39 bits per heavy atom. The number of carbonyl (C=O) groups excluding carboxylic acids is 2. The van der Waals surface area contributed by atoms with E-state index in [1.807, 2.05) is 12.2 Å². The number of carbonyl (C=O) groups is 2. The highest BCUT2D eigenvalue weighted by atomic mass is 31.2. The zero-order chi connectivity index (χ0) is 47.6. The minimum Gasteiger partial charge on any atom is -0.462 e. The van der Waals surface area contributed by atoms with Gasteiger partial charge in [-0.2, -0.15) is 0 Å². The van der Waals surface area contributed by atoms with Crippen LogP contribution in [0.15, 0.2) is 48.6 Å². The number of unbranched alkanes of at least 4 members (excludes halogenated alkanes) is 17. The molecule has 0 aromatic heterocycles. The van der Waals surface area contributed by atoms with E-state index in [2.05, 4.69) is 59.4 Å². The number of hydrogen-bond donors (Lipinski definition) is 5. The van der Waals surface area contributed by atoms with Crippen molar-refractivity contribution in [1.82, 2.24) is 0 Å². The van der Waals surface area contributed by atoms with Crippen LogP contribution < -0.4 is 0 Å². The van der Waals surface area contributed by atoms with Gasteiger partial charge in [-0.15, -0.1) is 0 Å². The fourth-order valence-corrected chi connectivity index (χ4v) is 7.64. The number of esters is 2. The van der Waals surface area contributed by atoms with Gasteiger partial charge in [0.25, 0.3) is 0 Å². The molecule has 1 unspecified atom stereocenters. The minimum atomic E-state index is -4.88. The average molecular weight is 951 g/mol. The van der Waals surface area contributed by atoms with Crippen molar-refractivity contribution < 1.29 is 66.7 Å². The Morgan fingerprint density at radius 2 is 0.906 bits per heavy atom. The van der Waals surface area contributed by atoms with Crippen molar-refractivity contribution in [2.45, 2.75) is 212 Å². The van der Waals surface area contributed by atoms with E-state index in [9.17, 15) is 33.8 Å². The summed E-state index contributed by atoms with van der Waals surface area (Å²) in [6, 6.07) is 0. The quantitative estimate of drug-likeness (QED) is 0.0166. The van der Waals surface area contributed by atoms with Gasteiger partial charge in [-0.25, -0.2) is 9.13 Å². The van der Waals surface area contributed by atoms with Crippen LogP contribution in [0.25, 0.3) is 0 Å². The summed E-state index contributed by atoms with van der Waals surface area (Å²) >= 11 is 0. The predicted octanol–water partition coefficient (Wildman–Crippen LogP) is 11.8. The maximum atomic E-state index is 12.7. The summed E-state index contributed by atoms with van der Waals surface area (Å²) in [7, 11) is -9.71. The van der Waals surface area contributed by atoms with E-state index < -0.39 is 66.2 Å². The van der Waals surface area contributed by atoms with Crippen molar-refractivity contribution in [2.75, 3.05) is 26.4 Å². The molecule has 5 N–H and O–H groups in total. The molecule has 0 bridgehead atoms. The number of hydrogen-bond acceptors (Lipinski definition) is 11. The first-order valence-corrected chi connectivity index (χ1v) is 27.2. The largest absolute Gasteiger partial charge is 0.472 e. The third-order valence-corrected chi connectivity index (χ3v) is 11.6. The lowest BCUT2D eigenvalue weighted by Crippen LogP contribution is -2.29.